The van der Waals surface area contributed by atoms with E-state index in [4.69, 9.17) is 15.0 Å². The van der Waals surface area contributed by atoms with Gasteiger partial charge in [-0.15, -0.1) is 0 Å². The predicted molar refractivity (Wildman–Crippen MR) is 80.5 cm³/mol. The summed E-state index contributed by atoms with van der Waals surface area (Å²) in [5.41, 5.74) is 7.37. The Balaban J connectivity index is 1.65. The highest BCUT2D eigenvalue weighted by Crippen LogP contribution is 2.28. The summed E-state index contributed by atoms with van der Waals surface area (Å²) in [5, 5.41) is 0. The molecule has 19 heavy (non-hydrogen) atoms. The van der Waals surface area contributed by atoms with Crippen molar-refractivity contribution in [1.82, 2.24) is 0 Å². The molecule has 106 valence electrons. The molecule has 1 aromatic carbocycles. The van der Waals surface area contributed by atoms with E-state index >= 15 is 0 Å². The first-order valence-corrected chi connectivity index (χ1v) is 7.96. The van der Waals surface area contributed by atoms with Gasteiger partial charge >= 0.3 is 0 Å². The number of ether oxygens (including phenoxy) is 1. The first-order chi connectivity index (χ1) is 9.15. The summed E-state index contributed by atoms with van der Waals surface area (Å²) in [6, 6.07) is 10.3. The third-order valence-electron chi connectivity index (χ3n) is 3.53. The van der Waals surface area contributed by atoms with Gasteiger partial charge in [0, 0.05) is 8.81 Å². The van der Waals surface area contributed by atoms with Crippen molar-refractivity contribution >= 4 is 8.81 Å². The van der Waals surface area contributed by atoms with Gasteiger partial charge in [-0.2, -0.15) is 0 Å². The molecule has 0 aliphatic carbocycles. The Labute approximate surface area is 117 Å². The molecule has 1 fully saturated rings. The van der Waals surface area contributed by atoms with E-state index in [2.05, 4.69) is 26.0 Å². The van der Waals surface area contributed by atoms with Gasteiger partial charge in [0.2, 0.25) is 0 Å². The van der Waals surface area contributed by atoms with E-state index in [-0.39, 0.29) is 11.9 Å². The highest BCUT2D eigenvalue weighted by Gasteiger charge is 2.29. The van der Waals surface area contributed by atoms with Crippen molar-refractivity contribution in [2.45, 2.75) is 44.7 Å². The highest BCUT2D eigenvalue weighted by molar-refractivity contribution is 7.33. The molecular formula is C15H24NO2P. The van der Waals surface area contributed by atoms with Crippen molar-refractivity contribution in [2.75, 3.05) is 6.61 Å². The van der Waals surface area contributed by atoms with E-state index in [1.54, 1.807) is 0 Å². The van der Waals surface area contributed by atoms with Crippen LogP contribution in [0.15, 0.2) is 30.3 Å². The molecular weight excluding hydrogens is 257 g/mol. The van der Waals surface area contributed by atoms with Crippen LogP contribution in [0.3, 0.4) is 0 Å². The van der Waals surface area contributed by atoms with Gasteiger partial charge < -0.3 is 15.0 Å². The van der Waals surface area contributed by atoms with Crippen LogP contribution in [-0.2, 0) is 15.7 Å². The van der Waals surface area contributed by atoms with Crippen LogP contribution >= 0.6 is 8.81 Å². The SMILES string of the molecule is CC1CC(C)C(COPC(N)Cc2ccccc2)O1. The molecule has 0 aromatic heterocycles. The Morgan fingerprint density at radius 2 is 2.11 bits per heavy atom. The number of nitrogens with two attached hydrogens (primary N) is 1. The average Bonchev–Trinajstić information content (AvgIpc) is 2.69. The summed E-state index contributed by atoms with van der Waals surface area (Å²) < 4.78 is 11.6. The summed E-state index contributed by atoms with van der Waals surface area (Å²) in [5.74, 6) is 0.668. The second kappa shape index (κ2) is 7.35. The topological polar surface area (TPSA) is 44.5 Å². The Morgan fingerprint density at radius 3 is 2.74 bits per heavy atom. The molecule has 0 spiro atoms. The molecule has 0 amide bonds. The summed E-state index contributed by atoms with van der Waals surface area (Å²) in [4.78, 5) is 0. The van der Waals surface area contributed by atoms with Crippen LogP contribution in [0.2, 0.25) is 0 Å². The zero-order valence-electron chi connectivity index (χ0n) is 11.7. The van der Waals surface area contributed by atoms with E-state index in [1.807, 2.05) is 18.2 Å². The fourth-order valence-corrected chi connectivity index (χ4v) is 3.31. The first kappa shape index (κ1) is 14.9. The van der Waals surface area contributed by atoms with E-state index in [0.29, 0.717) is 27.4 Å². The summed E-state index contributed by atoms with van der Waals surface area (Å²) >= 11 is 0. The summed E-state index contributed by atoms with van der Waals surface area (Å²) in [6.07, 6.45) is 2.61. The van der Waals surface area contributed by atoms with Crippen LogP contribution in [0.25, 0.3) is 0 Å². The number of rotatable bonds is 6. The van der Waals surface area contributed by atoms with Crippen LogP contribution in [0.1, 0.15) is 25.8 Å². The van der Waals surface area contributed by atoms with E-state index in [0.717, 1.165) is 12.8 Å². The molecule has 1 aliphatic rings. The largest absolute Gasteiger partial charge is 0.373 e. The summed E-state index contributed by atoms with van der Waals surface area (Å²) in [7, 11) is 0.338. The molecule has 5 atom stereocenters. The Hall–Kier alpha value is -0.470. The van der Waals surface area contributed by atoms with Crippen LogP contribution < -0.4 is 5.73 Å². The van der Waals surface area contributed by atoms with Gasteiger partial charge in [0.15, 0.2) is 0 Å². The molecule has 1 heterocycles. The lowest BCUT2D eigenvalue weighted by molar-refractivity contribution is 0.0189. The molecule has 2 N–H and O–H groups in total. The van der Waals surface area contributed by atoms with Gasteiger partial charge in [0.05, 0.1) is 24.6 Å². The molecule has 5 unspecified atom stereocenters. The first-order valence-electron chi connectivity index (χ1n) is 6.97. The summed E-state index contributed by atoms with van der Waals surface area (Å²) in [6.45, 7) is 5.02. The zero-order chi connectivity index (χ0) is 13.7. The average molecular weight is 281 g/mol. The third-order valence-corrected chi connectivity index (χ3v) is 4.37. The molecule has 1 saturated heterocycles. The van der Waals surface area contributed by atoms with Gasteiger partial charge in [0.25, 0.3) is 0 Å². The van der Waals surface area contributed by atoms with Crippen LogP contribution in [0, 0.1) is 5.92 Å². The van der Waals surface area contributed by atoms with Crippen molar-refractivity contribution in [3.8, 4) is 0 Å². The number of benzene rings is 1. The lowest BCUT2D eigenvalue weighted by Gasteiger charge is -2.17. The van der Waals surface area contributed by atoms with Crippen molar-refractivity contribution in [1.29, 1.82) is 0 Å². The van der Waals surface area contributed by atoms with E-state index < -0.39 is 0 Å². The van der Waals surface area contributed by atoms with Crippen LogP contribution in [-0.4, -0.2) is 24.6 Å². The van der Waals surface area contributed by atoms with Gasteiger partial charge in [0.1, 0.15) is 0 Å². The van der Waals surface area contributed by atoms with Crippen molar-refractivity contribution in [3.63, 3.8) is 0 Å². The quantitative estimate of drug-likeness (QED) is 0.815. The van der Waals surface area contributed by atoms with Gasteiger partial charge in [-0.1, -0.05) is 37.3 Å². The van der Waals surface area contributed by atoms with Gasteiger partial charge in [-0.3, -0.25) is 0 Å². The molecule has 0 radical (unpaired) electrons. The van der Waals surface area contributed by atoms with E-state index in [1.165, 1.54) is 5.56 Å². The lowest BCUT2D eigenvalue weighted by Crippen LogP contribution is -2.22. The fourth-order valence-electron chi connectivity index (χ4n) is 2.51. The van der Waals surface area contributed by atoms with Crippen molar-refractivity contribution in [2.24, 2.45) is 11.7 Å². The number of hydrogen-bond acceptors (Lipinski definition) is 3. The van der Waals surface area contributed by atoms with Gasteiger partial charge in [-0.25, -0.2) is 0 Å². The van der Waals surface area contributed by atoms with Gasteiger partial charge in [-0.05, 0) is 31.2 Å². The molecule has 2 rings (SSSR count). The number of hydrogen-bond donors (Lipinski definition) is 1. The standard InChI is InChI=1S/C15H24NO2P/c1-11-8-12(2)18-14(11)10-17-19-15(16)9-13-6-4-3-5-7-13/h3-7,11-12,14-15,19H,8-10,16H2,1-2H3. The maximum Gasteiger partial charge on any atom is 0.0841 e. The normalized spacial score (nSPS) is 29.1. The van der Waals surface area contributed by atoms with E-state index in [9.17, 15) is 0 Å². The zero-order valence-corrected chi connectivity index (χ0v) is 12.7. The maximum absolute atomic E-state index is 6.10. The maximum atomic E-state index is 6.10. The third kappa shape index (κ3) is 4.85. The molecule has 3 nitrogen and oxygen atoms in total. The lowest BCUT2D eigenvalue weighted by atomic mass is 10.0. The second-order valence-electron chi connectivity index (χ2n) is 5.42. The molecule has 0 bridgehead atoms. The molecule has 0 saturated carbocycles. The molecule has 1 aromatic rings. The smallest absolute Gasteiger partial charge is 0.0841 e. The predicted octanol–water partition coefficient (Wildman–Crippen LogP) is 2.94. The Morgan fingerprint density at radius 1 is 1.37 bits per heavy atom. The van der Waals surface area contributed by atoms with Crippen molar-refractivity contribution in [3.05, 3.63) is 35.9 Å². The van der Waals surface area contributed by atoms with Crippen molar-refractivity contribution < 1.29 is 9.26 Å². The minimum Gasteiger partial charge on any atom is -0.373 e. The Kier molecular flexibility index (Phi) is 5.77. The Bertz CT molecular complexity index is 374. The highest BCUT2D eigenvalue weighted by atomic mass is 31.1. The monoisotopic (exact) mass is 281 g/mol. The van der Waals surface area contributed by atoms with Crippen LogP contribution in [0.5, 0.6) is 0 Å². The molecule has 4 heteroatoms. The van der Waals surface area contributed by atoms with Crippen LogP contribution in [0.4, 0.5) is 0 Å². The second-order valence-corrected chi connectivity index (χ2v) is 6.69. The minimum absolute atomic E-state index is 0.0801. The minimum atomic E-state index is 0.0801. The fraction of sp³-hybridized carbons (Fsp3) is 0.600. The molecule has 1 aliphatic heterocycles.